The summed E-state index contributed by atoms with van der Waals surface area (Å²) in [5, 5.41) is 8.33. The minimum atomic E-state index is -3.61. The van der Waals surface area contributed by atoms with Gasteiger partial charge in [0.05, 0.1) is 4.90 Å². The Bertz CT molecular complexity index is 480. The SMILES string of the molecule is NCC(Nc1ccc(S(N)(=O)=O)cc1)C1CC1. The molecule has 6 heteroatoms. The number of hydrogen-bond acceptors (Lipinski definition) is 4. The number of anilines is 1. The quantitative estimate of drug-likeness (QED) is 0.713. The number of benzene rings is 1. The molecule has 0 spiro atoms. The lowest BCUT2D eigenvalue weighted by Gasteiger charge is -2.17. The van der Waals surface area contributed by atoms with Crippen molar-refractivity contribution in [3.63, 3.8) is 0 Å². The van der Waals surface area contributed by atoms with Crippen LogP contribution in [0, 0.1) is 5.92 Å². The van der Waals surface area contributed by atoms with Gasteiger partial charge in [0.1, 0.15) is 0 Å². The number of hydrogen-bond donors (Lipinski definition) is 3. The Balaban J connectivity index is 2.07. The number of nitrogens with one attached hydrogen (secondary N) is 1. The van der Waals surface area contributed by atoms with E-state index in [1.54, 1.807) is 12.1 Å². The average Bonchev–Trinajstić information content (AvgIpc) is 3.09. The van der Waals surface area contributed by atoms with E-state index in [9.17, 15) is 8.42 Å². The molecule has 5 N–H and O–H groups in total. The minimum Gasteiger partial charge on any atom is -0.381 e. The van der Waals surface area contributed by atoms with Crippen LogP contribution in [0.2, 0.25) is 0 Å². The summed E-state index contributed by atoms with van der Waals surface area (Å²) in [7, 11) is -3.61. The lowest BCUT2D eigenvalue weighted by molar-refractivity contribution is 0.598. The van der Waals surface area contributed by atoms with E-state index in [1.807, 2.05) is 0 Å². The van der Waals surface area contributed by atoms with E-state index < -0.39 is 10.0 Å². The van der Waals surface area contributed by atoms with E-state index >= 15 is 0 Å². The van der Waals surface area contributed by atoms with Gasteiger partial charge in [-0.15, -0.1) is 0 Å². The lowest BCUT2D eigenvalue weighted by atomic mass is 10.1. The summed E-state index contributed by atoms with van der Waals surface area (Å²) in [4.78, 5) is 0.124. The maximum atomic E-state index is 11.1. The fourth-order valence-electron chi connectivity index (χ4n) is 1.82. The molecule has 1 aromatic carbocycles. The molecule has 94 valence electrons. The third kappa shape index (κ3) is 3.18. The van der Waals surface area contributed by atoms with Gasteiger partial charge in [-0.1, -0.05) is 0 Å². The summed E-state index contributed by atoms with van der Waals surface area (Å²) in [6, 6.07) is 6.70. The molecule has 17 heavy (non-hydrogen) atoms. The maximum absolute atomic E-state index is 11.1. The Morgan fingerprint density at radius 2 is 1.88 bits per heavy atom. The zero-order valence-corrected chi connectivity index (χ0v) is 10.3. The van der Waals surface area contributed by atoms with Crippen molar-refractivity contribution in [3.8, 4) is 0 Å². The van der Waals surface area contributed by atoms with Crippen LogP contribution >= 0.6 is 0 Å². The number of rotatable bonds is 5. The molecule has 0 aliphatic heterocycles. The summed E-state index contributed by atoms with van der Waals surface area (Å²) in [5.74, 6) is 0.651. The molecule has 1 aliphatic rings. The number of primary sulfonamides is 1. The second kappa shape index (κ2) is 4.64. The van der Waals surface area contributed by atoms with Crippen molar-refractivity contribution in [1.82, 2.24) is 0 Å². The van der Waals surface area contributed by atoms with Gasteiger partial charge in [-0.3, -0.25) is 0 Å². The van der Waals surface area contributed by atoms with Crippen LogP contribution in [0.4, 0.5) is 5.69 Å². The van der Waals surface area contributed by atoms with E-state index in [1.165, 1.54) is 25.0 Å². The van der Waals surface area contributed by atoms with Crippen LogP contribution in [0.5, 0.6) is 0 Å². The van der Waals surface area contributed by atoms with Crippen LogP contribution in [0.3, 0.4) is 0 Å². The number of nitrogens with two attached hydrogens (primary N) is 2. The third-order valence-electron chi connectivity index (χ3n) is 2.98. The van der Waals surface area contributed by atoms with E-state index in [2.05, 4.69) is 5.32 Å². The molecule has 0 radical (unpaired) electrons. The summed E-state index contributed by atoms with van der Waals surface area (Å²) in [5.41, 5.74) is 6.56. The van der Waals surface area contributed by atoms with Crippen LogP contribution < -0.4 is 16.2 Å². The number of sulfonamides is 1. The smallest absolute Gasteiger partial charge is 0.238 e. The van der Waals surface area contributed by atoms with Crippen LogP contribution in [0.15, 0.2) is 29.2 Å². The summed E-state index contributed by atoms with van der Waals surface area (Å²) in [6.07, 6.45) is 2.42. The normalized spacial score (nSPS) is 17.8. The third-order valence-corrected chi connectivity index (χ3v) is 3.91. The molecule has 1 fully saturated rings. The van der Waals surface area contributed by atoms with Crippen LogP contribution in [-0.2, 0) is 10.0 Å². The Morgan fingerprint density at radius 3 is 2.29 bits per heavy atom. The molecule has 2 rings (SSSR count). The van der Waals surface area contributed by atoms with Gasteiger partial charge < -0.3 is 11.1 Å². The highest BCUT2D eigenvalue weighted by molar-refractivity contribution is 7.89. The van der Waals surface area contributed by atoms with Crippen LogP contribution in [-0.4, -0.2) is 21.0 Å². The minimum absolute atomic E-state index is 0.124. The van der Waals surface area contributed by atoms with Crippen LogP contribution in [0.1, 0.15) is 12.8 Å². The van der Waals surface area contributed by atoms with Gasteiger partial charge in [0.15, 0.2) is 0 Å². The molecule has 0 amide bonds. The van der Waals surface area contributed by atoms with Crippen molar-refractivity contribution in [2.45, 2.75) is 23.8 Å². The zero-order chi connectivity index (χ0) is 12.5. The van der Waals surface area contributed by atoms with Gasteiger partial charge in [-0.25, -0.2) is 13.6 Å². The maximum Gasteiger partial charge on any atom is 0.238 e. The largest absolute Gasteiger partial charge is 0.381 e. The van der Waals surface area contributed by atoms with Crippen molar-refractivity contribution in [2.75, 3.05) is 11.9 Å². The van der Waals surface area contributed by atoms with Gasteiger partial charge in [-0.2, -0.15) is 0 Å². The van der Waals surface area contributed by atoms with Gasteiger partial charge in [0.2, 0.25) is 10.0 Å². The lowest BCUT2D eigenvalue weighted by Crippen LogP contribution is -2.30. The first-order valence-corrected chi connectivity index (χ1v) is 7.15. The molecule has 1 aliphatic carbocycles. The van der Waals surface area contributed by atoms with E-state index in [0.29, 0.717) is 12.5 Å². The molecule has 0 heterocycles. The highest BCUT2D eigenvalue weighted by atomic mass is 32.2. The monoisotopic (exact) mass is 255 g/mol. The highest BCUT2D eigenvalue weighted by Crippen LogP contribution is 2.33. The van der Waals surface area contributed by atoms with Gasteiger partial charge in [0.25, 0.3) is 0 Å². The zero-order valence-electron chi connectivity index (χ0n) is 9.46. The second-order valence-electron chi connectivity index (χ2n) is 4.39. The predicted octanol–water partition coefficient (Wildman–Crippen LogP) is 0.483. The Labute approximate surface area is 101 Å². The van der Waals surface area contributed by atoms with E-state index in [-0.39, 0.29) is 10.9 Å². The molecule has 1 saturated carbocycles. The molecule has 5 nitrogen and oxygen atoms in total. The topological polar surface area (TPSA) is 98.2 Å². The second-order valence-corrected chi connectivity index (χ2v) is 5.95. The molecule has 0 saturated heterocycles. The van der Waals surface area contributed by atoms with Crippen molar-refractivity contribution >= 4 is 15.7 Å². The Morgan fingerprint density at radius 1 is 1.29 bits per heavy atom. The fraction of sp³-hybridized carbons (Fsp3) is 0.455. The van der Waals surface area contributed by atoms with E-state index in [0.717, 1.165) is 5.69 Å². The first-order chi connectivity index (χ1) is 8.00. The molecule has 1 atom stereocenters. The van der Waals surface area contributed by atoms with Crippen molar-refractivity contribution in [1.29, 1.82) is 0 Å². The summed E-state index contributed by atoms with van der Waals surface area (Å²) in [6.45, 7) is 0.585. The van der Waals surface area contributed by atoms with Crippen molar-refractivity contribution in [3.05, 3.63) is 24.3 Å². The molecular weight excluding hydrogens is 238 g/mol. The molecule has 1 unspecified atom stereocenters. The van der Waals surface area contributed by atoms with Crippen molar-refractivity contribution < 1.29 is 8.42 Å². The molecule has 0 aromatic heterocycles. The molecular formula is C11H17N3O2S. The molecule has 1 aromatic rings. The highest BCUT2D eigenvalue weighted by Gasteiger charge is 2.30. The van der Waals surface area contributed by atoms with Crippen molar-refractivity contribution in [2.24, 2.45) is 16.8 Å². The molecule has 0 bridgehead atoms. The standard InChI is InChI=1S/C11H17N3O2S/c12-7-11(8-1-2-8)14-9-3-5-10(6-4-9)17(13,15)16/h3-6,8,11,14H,1-2,7,12H2,(H2,13,15,16). The Kier molecular flexibility index (Phi) is 3.37. The van der Waals surface area contributed by atoms with E-state index in [4.69, 9.17) is 10.9 Å². The first kappa shape index (κ1) is 12.3. The van der Waals surface area contributed by atoms with Crippen LogP contribution in [0.25, 0.3) is 0 Å². The average molecular weight is 255 g/mol. The predicted molar refractivity (Wildman–Crippen MR) is 67.0 cm³/mol. The fourth-order valence-corrected chi connectivity index (χ4v) is 2.34. The summed E-state index contributed by atoms with van der Waals surface area (Å²) < 4.78 is 22.2. The summed E-state index contributed by atoms with van der Waals surface area (Å²) >= 11 is 0. The van der Waals surface area contributed by atoms with Gasteiger partial charge in [0, 0.05) is 18.3 Å². The Hall–Kier alpha value is -1.11. The first-order valence-electron chi connectivity index (χ1n) is 5.60. The van der Waals surface area contributed by atoms with Gasteiger partial charge in [-0.05, 0) is 43.0 Å². The van der Waals surface area contributed by atoms with Gasteiger partial charge >= 0.3 is 0 Å².